The minimum atomic E-state index is -2.18. The molecule has 2 nitrogen and oxygen atoms in total. The number of nitrogens with zero attached hydrogens (tertiary/aromatic N) is 2. The summed E-state index contributed by atoms with van der Waals surface area (Å²) in [6.45, 7) is 11.0. The Hall–Kier alpha value is -2.64. The van der Waals surface area contributed by atoms with Crippen molar-refractivity contribution < 1.29 is 22.0 Å². The molecule has 0 saturated heterocycles. The fourth-order valence-corrected chi connectivity index (χ4v) is 4.58. The Morgan fingerprint density at radius 1 is 0.839 bits per heavy atom. The van der Waals surface area contributed by atoms with Gasteiger partial charge in [0.15, 0.2) is 23.3 Å². The van der Waals surface area contributed by atoms with E-state index in [4.69, 9.17) is 0 Å². The number of allylic oxidation sites excluding steroid dienone is 2. The number of rotatable bonds is 4. The monoisotopic (exact) mass is 434 g/mol. The molecule has 3 rings (SSSR count). The maximum atomic E-state index is 15.0. The number of hydrogen-bond acceptors (Lipinski definition) is 1. The lowest BCUT2D eigenvalue weighted by Crippen LogP contribution is -2.12. The highest BCUT2D eigenvalue weighted by Gasteiger charge is 2.34. The average Bonchev–Trinajstić information content (AvgIpc) is 3.13. The third-order valence-corrected chi connectivity index (χ3v) is 6.25. The van der Waals surface area contributed by atoms with Gasteiger partial charge in [0, 0.05) is 22.7 Å². The first-order valence-electron chi connectivity index (χ1n) is 10.2. The molecule has 0 amide bonds. The van der Waals surface area contributed by atoms with Crippen molar-refractivity contribution in [3.63, 3.8) is 0 Å². The van der Waals surface area contributed by atoms with Crippen LogP contribution in [-0.4, -0.2) is 18.2 Å². The fraction of sp³-hybridized carbons (Fsp3) is 0.348. The molecule has 0 atom stereocenters. The first kappa shape index (κ1) is 23.0. The van der Waals surface area contributed by atoms with E-state index in [-0.39, 0.29) is 11.3 Å². The molecule has 8 heteroatoms. The van der Waals surface area contributed by atoms with Gasteiger partial charge in [-0.15, -0.1) is 0 Å². The highest BCUT2D eigenvalue weighted by atomic mass is 19.2. The predicted octanol–water partition coefficient (Wildman–Crippen LogP) is 5.72. The summed E-state index contributed by atoms with van der Waals surface area (Å²) in [5.74, 6) is -9.84. The lowest BCUT2D eigenvalue weighted by atomic mass is 9.91. The minimum absolute atomic E-state index is 0.0871. The van der Waals surface area contributed by atoms with Gasteiger partial charge in [-0.3, -0.25) is 4.99 Å². The first-order valence-corrected chi connectivity index (χ1v) is 10.2. The number of hydrogen-bond donors (Lipinski definition) is 0. The van der Waals surface area contributed by atoms with Crippen LogP contribution in [0.2, 0.25) is 0 Å². The van der Waals surface area contributed by atoms with E-state index in [9.17, 15) is 13.2 Å². The van der Waals surface area contributed by atoms with Crippen LogP contribution in [0.25, 0.3) is 5.57 Å². The van der Waals surface area contributed by atoms with E-state index >= 15 is 8.78 Å². The molecule has 0 radical (unpaired) electrons. The Morgan fingerprint density at radius 3 is 1.77 bits per heavy atom. The summed E-state index contributed by atoms with van der Waals surface area (Å²) >= 11 is 0. The molecule has 0 bridgehead atoms. The fourth-order valence-electron chi connectivity index (χ4n) is 4.58. The van der Waals surface area contributed by atoms with Crippen molar-refractivity contribution in [2.75, 3.05) is 0 Å². The van der Waals surface area contributed by atoms with Gasteiger partial charge in [-0.2, -0.15) is 0 Å². The summed E-state index contributed by atoms with van der Waals surface area (Å²) in [5, 5.41) is 0. The van der Waals surface area contributed by atoms with E-state index in [0.717, 1.165) is 22.4 Å². The Balaban J connectivity index is 2.60. The highest BCUT2D eigenvalue weighted by Crippen LogP contribution is 2.42. The molecule has 164 valence electrons. The second kappa shape index (κ2) is 8.13. The zero-order chi connectivity index (χ0) is 23.4. The van der Waals surface area contributed by atoms with Gasteiger partial charge in [0.1, 0.15) is 0 Å². The summed E-state index contributed by atoms with van der Waals surface area (Å²) in [6, 6.07) is 0. The smallest absolute Gasteiger partial charge is 0.223 e. The molecule has 0 aliphatic carbocycles. The molecule has 2 aromatic rings. The topological polar surface area (TPSA) is 17.3 Å². The van der Waals surface area contributed by atoms with Crippen molar-refractivity contribution in [2.24, 2.45) is 4.99 Å². The third-order valence-electron chi connectivity index (χ3n) is 6.25. The Morgan fingerprint density at radius 2 is 1.35 bits per heavy atom. The van der Waals surface area contributed by atoms with Gasteiger partial charge >= 0.3 is 0 Å². The summed E-state index contributed by atoms with van der Waals surface area (Å²) < 4.78 is 74.0. The number of aromatic nitrogens is 1. The lowest BCUT2D eigenvalue weighted by Gasteiger charge is -2.18. The van der Waals surface area contributed by atoms with Crippen LogP contribution < -0.4 is 0 Å². The van der Waals surface area contributed by atoms with Gasteiger partial charge in [0.2, 0.25) is 13.8 Å². The van der Waals surface area contributed by atoms with Crippen molar-refractivity contribution in [1.29, 1.82) is 0 Å². The van der Waals surface area contributed by atoms with E-state index in [0.29, 0.717) is 29.8 Å². The second-order valence-corrected chi connectivity index (χ2v) is 7.77. The molecule has 31 heavy (non-hydrogen) atoms. The highest BCUT2D eigenvalue weighted by molar-refractivity contribution is 6.11. The van der Waals surface area contributed by atoms with Crippen LogP contribution in [0, 0.1) is 42.9 Å². The molecule has 0 saturated carbocycles. The molecule has 1 aromatic heterocycles. The Bertz CT molecular complexity index is 1170. The van der Waals surface area contributed by atoms with Crippen molar-refractivity contribution in [3.05, 3.63) is 74.0 Å². The van der Waals surface area contributed by atoms with Crippen molar-refractivity contribution >= 4 is 19.3 Å². The Labute approximate surface area is 179 Å². The van der Waals surface area contributed by atoms with Crippen molar-refractivity contribution in [3.8, 4) is 0 Å². The second-order valence-electron chi connectivity index (χ2n) is 7.77. The van der Waals surface area contributed by atoms with Gasteiger partial charge in [0.25, 0.3) is 0 Å². The van der Waals surface area contributed by atoms with E-state index in [1.165, 1.54) is 0 Å². The SMILES string of the molecule is Bn1c(C)c(CC)c(C)c1/C(=C1\N=C(C)C(CC)=C1C)c1c(F)c(F)c(F)c(F)c1F. The zero-order valence-electron chi connectivity index (χ0n) is 18.7. The molecule has 0 N–H and O–H groups in total. The molecule has 0 unspecified atom stereocenters. The predicted molar refractivity (Wildman–Crippen MR) is 116 cm³/mol. The van der Waals surface area contributed by atoms with Crippen molar-refractivity contribution in [2.45, 2.75) is 54.4 Å². The summed E-state index contributed by atoms with van der Waals surface area (Å²) in [7, 11) is 1.72. The largest absolute Gasteiger partial charge is 0.396 e. The summed E-state index contributed by atoms with van der Waals surface area (Å²) in [5.41, 5.74) is 4.32. The Kier molecular flexibility index (Phi) is 6.04. The van der Waals surface area contributed by atoms with Gasteiger partial charge in [-0.1, -0.05) is 13.8 Å². The van der Waals surface area contributed by atoms with E-state index in [1.54, 1.807) is 33.2 Å². The van der Waals surface area contributed by atoms with Crippen LogP contribution in [0.1, 0.15) is 62.2 Å². The molecule has 0 fully saturated rings. The minimum Gasteiger partial charge on any atom is -0.396 e. The average molecular weight is 434 g/mol. The van der Waals surface area contributed by atoms with E-state index < -0.39 is 34.6 Å². The number of aliphatic imine (C=N–C) groups is 1. The molecule has 1 aromatic carbocycles. The van der Waals surface area contributed by atoms with E-state index in [2.05, 4.69) is 4.99 Å². The van der Waals surface area contributed by atoms with E-state index in [1.807, 2.05) is 20.8 Å². The molecule has 0 spiro atoms. The summed E-state index contributed by atoms with van der Waals surface area (Å²) in [6.07, 6.45) is 1.28. The summed E-state index contributed by atoms with van der Waals surface area (Å²) in [4.78, 5) is 4.52. The first-order chi connectivity index (χ1) is 14.5. The molecular weight excluding hydrogens is 410 g/mol. The zero-order valence-corrected chi connectivity index (χ0v) is 18.7. The van der Waals surface area contributed by atoms with Gasteiger partial charge in [-0.25, -0.2) is 22.0 Å². The van der Waals surface area contributed by atoms with Crippen LogP contribution >= 0.6 is 0 Å². The quantitative estimate of drug-likeness (QED) is 0.254. The molecular formula is C23H24BF5N2. The van der Waals surface area contributed by atoms with Gasteiger partial charge in [0.05, 0.1) is 11.3 Å². The van der Waals surface area contributed by atoms with Gasteiger partial charge < -0.3 is 4.48 Å². The van der Waals surface area contributed by atoms with Crippen LogP contribution in [0.15, 0.2) is 21.8 Å². The molecule has 1 aliphatic rings. The van der Waals surface area contributed by atoms with Crippen molar-refractivity contribution in [1.82, 2.24) is 4.48 Å². The van der Waals surface area contributed by atoms with Crippen LogP contribution in [-0.2, 0) is 6.42 Å². The number of benzene rings is 1. The van der Waals surface area contributed by atoms with Gasteiger partial charge in [-0.05, 0) is 62.8 Å². The molecule has 1 aliphatic heterocycles. The lowest BCUT2D eigenvalue weighted by molar-refractivity contribution is 0.376. The molecule has 2 heterocycles. The third kappa shape index (κ3) is 3.27. The number of halogens is 5. The normalized spacial score (nSPS) is 15.8. The maximum Gasteiger partial charge on any atom is 0.223 e. The van der Waals surface area contributed by atoms with Crippen LogP contribution in [0.5, 0.6) is 0 Å². The van der Waals surface area contributed by atoms with Crippen LogP contribution in [0.3, 0.4) is 0 Å². The van der Waals surface area contributed by atoms with Crippen LogP contribution in [0.4, 0.5) is 22.0 Å². The maximum absolute atomic E-state index is 15.0. The standard InChI is InChI=1S/C23H24BF5N2/c1-7-13-9(3)22(30-11(13)5)16(23-10(4)14(8-2)12(6)31(23)24)15-17(25)19(27)21(29)20(28)18(15)26/h7-8,24H2,1-6H3/b22-16-.